The van der Waals surface area contributed by atoms with Crippen molar-refractivity contribution in [3.63, 3.8) is 0 Å². The summed E-state index contributed by atoms with van der Waals surface area (Å²) >= 11 is 6.05. The molecule has 1 heterocycles. The first-order chi connectivity index (χ1) is 15.1. The summed E-state index contributed by atoms with van der Waals surface area (Å²) in [6.07, 6.45) is 0.452. The molecule has 0 unspecified atom stereocenters. The number of hydrogen-bond acceptors (Lipinski definition) is 3. The van der Waals surface area contributed by atoms with Gasteiger partial charge >= 0.3 is 0 Å². The van der Waals surface area contributed by atoms with Crippen LogP contribution >= 0.6 is 11.6 Å². The summed E-state index contributed by atoms with van der Waals surface area (Å²) in [6.45, 7) is 1.86. The second-order valence-corrected chi connectivity index (χ2v) is 7.67. The molecule has 0 aliphatic carbocycles. The average molecular weight is 432 g/mol. The van der Waals surface area contributed by atoms with Crippen LogP contribution in [0, 0.1) is 0 Å². The van der Waals surface area contributed by atoms with Gasteiger partial charge in [-0.05, 0) is 30.7 Å². The number of aliphatic imine (C=N–C) groups is 1. The number of carbonyl (C=O) groups excluding carboxylic acids is 2. The minimum atomic E-state index is -0.682. The number of nitrogens with zero attached hydrogens (tertiary/aromatic N) is 2. The number of amides is 2. The van der Waals surface area contributed by atoms with Gasteiger partial charge in [0.25, 0.3) is 0 Å². The van der Waals surface area contributed by atoms with Crippen molar-refractivity contribution in [3.8, 4) is 0 Å². The Bertz CT molecular complexity index is 1140. The first-order valence-electron chi connectivity index (χ1n) is 10.2. The molecule has 156 valence electrons. The number of hydrogen-bond donors (Lipinski definition) is 1. The van der Waals surface area contributed by atoms with Gasteiger partial charge in [-0.1, -0.05) is 73.1 Å². The van der Waals surface area contributed by atoms with E-state index >= 15 is 0 Å². The Labute approximate surface area is 186 Å². The van der Waals surface area contributed by atoms with Gasteiger partial charge in [-0.3, -0.25) is 19.5 Å². The zero-order chi connectivity index (χ0) is 21.8. The molecule has 0 fully saturated rings. The van der Waals surface area contributed by atoms with Gasteiger partial charge in [0, 0.05) is 21.8 Å². The van der Waals surface area contributed by atoms with E-state index in [2.05, 4.69) is 10.3 Å². The van der Waals surface area contributed by atoms with Crippen molar-refractivity contribution in [3.05, 3.63) is 95.0 Å². The topological polar surface area (TPSA) is 61.8 Å². The lowest BCUT2D eigenvalue weighted by Gasteiger charge is -2.30. The zero-order valence-corrected chi connectivity index (χ0v) is 17.8. The molecule has 3 aromatic carbocycles. The fourth-order valence-corrected chi connectivity index (χ4v) is 3.98. The second-order valence-electron chi connectivity index (χ2n) is 7.24. The van der Waals surface area contributed by atoms with Gasteiger partial charge in [-0.25, -0.2) is 0 Å². The lowest BCUT2D eigenvalue weighted by Crippen LogP contribution is -2.48. The van der Waals surface area contributed by atoms with Crippen LogP contribution in [0.5, 0.6) is 0 Å². The van der Waals surface area contributed by atoms with E-state index in [0.29, 0.717) is 22.8 Å². The van der Waals surface area contributed by atoms with E-state index in [1.165, 1.54) is 0 Å². The Morgan fingerprint density at radius 1 is 1.06 bits per heavy atom. The molecule has 3 aromatic rings. The lowest BCUT2D eigenvalue weighted by molar-refractivity contribution is -0.123. The fraction of sp³-hybridized carbons (Fsp3) is 0.160. The molecule has 0 bridgehead atoms. The van der Waals surface area contributed by atoms with Gasteiger partial charge in [-0.2, -0.15) is 0 Å². The maximum atomic E-state index is 13.2. The van der Waals surface area contributed by atoms with Crippen molar-refractivity contribution < 1.29 is 9.59 Å². The number of halogens is 1. The average Bonchev–Trinajstić information content (AvgIpc) is 2.92. The van der Waals surface area contributed by atoms with Crippen molar-refractivity contribution in [2.75, 3.05) is 16.8 Å². The normalized spacial score (nSPS) is 14.3. The third kappa shape index (κ3) is 4.37. The summed E-state index contributed by atoms with van der Waals surface area (Å²) in [4.78, 5) is 32.6. The molecule has 1 N–H and O–H groups in total. The van der Waals surface area contributed by atoms with E-state index in [4.69, 9.17) is 11.6 Å². The van der Waals surface area contributed by atoms with E-state index in [1.54, 1.807) is 29.2 Å². The molecule has 2 amide bonds. The first kappa shape index (κ1) is 20.8. The third-order valence-electron chi connectivity index (χ3n) is 5.20. The largest absolute Gasteiger partial charge is 0.324 e. The smallest absolute Gasteiger partial charge is 0.249 e. The van der Waals surface area contributed by atoms with Crippen LogP contribution < -0.4 is 10.2 Å². The van der Waals surface area contributed by atoms with Crippen LogP contribution in [-0.2, 0) is 9.59 Å². The maximum absolute atomic E-state index is 13.2. The Morgan fingerprint density at radius 3 is 2.55 bits per heavy atom. The monoisotopic (exact) mass is 431 g/mol. The van der Waals surface area contributed by atoms with Crippen LogP contribution in [-0.4, -0.2) is 30.1 Å². The predicted molar refractivity (Wildman–Crippen MR) is 125 cm³/mol. The van der Waals surface area contributed by atoms with Crippen molar-refractivity contribution in [2.24, 2.45) is 4.99 Å². The van der Waals surface area contributed by atoms with E-state index in [9.17, 15) is 9.59 Å². The molecular weight excluding hydrogens is 410 g/mol. The number of benzene rings is 3. The Hall–Kier alpha value is -3.44. The number of para-hydroxylation sites is 1. The number of rotatable bonds is 5. The number of nitrogens with one attached hydrogen (secondary N) is 1. The summed E-state index contributed by atoms with van der Waals surface area (Å²) < 4.78 is 0. The molecule has 31 heavy (non-hydrogen) atoms. The summed E-state index contributed by atoms with van der Waals surface area (Å²) in [6, 6.07) is 23.6. The summed E-state index contributed by atoms with van der Waals surface area (Å²) in [7, 11) is 0. The third-order valence-corrected chi connectivity index (χ3v) is 5.44. The van der Waals surface area contributed by atoms with Crippen LogP contribution in [0.3, 0.4) is 0 Å². The summed E-state index contributed by atoms with van der Waals surface area (Å²) in [5.74, 6) is -0.484. The molecule has 0 aromatic heterocycles. The minimum absolute atomic E-state index is 0.0279. The predicted octanol–water partition coefficient (Wildman–Crippen LogP) is 4.94. The summed E-state index contributed by atoms with van der Waals surface area (Å²) in [5.41, 5.74) is 3.78. The molecule has 0 radical (unpaired) electrons. The Kier molecular flexibility index (Phi) is 6.14. The molecule has 0 spiro atoms. The van der Waals surface area contributed by atoms with E-state index in [0.717, 1.165) is 16.8 Å². The van der Waals surface area contributed by atoms with E-state index in [1.807, 2.05) is 61.5 Å². The van der Waals surface area contributed by atoms with Gasteiger partial charge in [0.2, 0.25) is 11.8 Å². The summed E-state index contributed by atoms with van der Waals surface area (Å²) in [5, 5.41) is 3.42. The molecule has 1 atom stereocenters. The molecule has 5 nitrogen and oxygen atoms in total. The van der Waals surface area contributed by atoms with Crippen LogP contribution in [0.15, 0.2) is 83.9 Å². The minimum Gasteiger partial charge on any atom is -0.324 e. The van der Waals surface area contributed by atoms with Crippen LogP contribution in [0.4, 0.5) is 11.4 Å². The van der Waals surface area contributed by atoms with Crippen LogP contribution in [0.1, 0.15) is 24.5 Å². The number of carbonyl (C=O) groups is 2. The van der Waals surface area contributed by atoms with Crippen molar-refractivity contribution in [1.82, 2.24) is 0 Å². The Morgan fingerprint density at radius 2 is 1.81 bits per heavy atom. The van der Waals surface area contributed by atoms with Gasteiger partial charge < -0.3 is 5.32 Å². The first-order valence-corrected chi connectivity index (χ1v) is 10.5. The zero-order valence-electron chi connectivity index (χ0n) is 17.1. The molecular formula is C25H22ClN3O2. The SMILES string of the molecule is CC[C@@H](C(=O)Nc1cccc(Cl)c1)N1C(=O)CN=C(c2ccccc2)c2ccccc21. The Balaban J connectivity index is 1.72. The number of anilines is 2. The van der Waals surface area contributed by atoms with Gasteiger partial charge in [0.15, 0.2) is 0 Å². The maximum Gasteiger partial charge on any atom is 0.249 e. The second kappa shape index (κ2) is 9.14. The highest BCUT2D eigenvalue weighted by molar-refractivity contribution is 6.31. The van der Waals surface area contributed by atoms with Crippen molar-refractivity contribution >= 4 is 40.5 Å². The van der Waals surface area contributed by atoms with Crippen LogP contribution in [0.25, 0.3) is 0 Å². The molecule has 1 aliphatic heterocycles. The fourth-order valence-electron chi connectivity index (χ4n) is 3.79. The quantitative estimate of drug-likeness (QED) is 0.621. The lowest BCUT2D eigenvalue weighted by atomic mass is 9.99. The highest BCUT2D eigenvalue weighted by Crippen LogP contribution is 2.29. The molecule has 6 heteroatoms. The van der Waals surface area contributed by atoms with Gasteiger partial charge in [0.1, 0.15) is 12.6 Å². The number of fused-ring (bicyclic) bond motifs is 1. The van der Waals surface area contributed by atoms with Crippen LogP contribution in [0.2, 0.25) is 5.02 Å². The van der Waals surface area contributed by atoms with Gasteiger partial charge in [0.05, 0.1) is 11.4 Å². The standard InChI is InChI=1S/C25H22ClN3O2/c1-2-21(25(31)28-19-12-8-11-18(26)15-19)29-22-14-7-6-13-20(22)24(27-16-23(29)30)17-9-4-3-5-10-17/h3-15,21H,2,16H2,1H3,(H,28,31)/t21-/m0/s1. The van der Waals surface area contributed by atoms with Crippen molar-refractivity contribution in [1.29, 1.82) is 0 Å². The van der Waals surface area contributed by atoms with Crippen molar-refractivity contribution in [2.45, 2.75) is 19.4 Å². The molecule has 1 aliphatic rings. The van der Waals surface area contributed by atoms with E-state index in [-0.39, 0.29) is 18.4 Å². The van der Waals surface area contributed by atoms with Gasteiger partial charge in [-0.15, -0.1) is 0 Å². The molecule has 0 saturated carbocycles. The number of benzodiazepines with no additional fused rings is 1. The molecule has 4 rings (SSSR count). The van der Waals surface area contributed by atoms with E-state index < -0.39 is 6.04 Å². The molecule has 0 saturated heterocycles. The highest BCUT2D eigenvalue weighted by atomic mass is 35.5. The highest BCUT2D eigenvalue weighted by Gasteiger charge is 2.33.